The third-order valence-electron chi connectivity index (χ3n) is 5.70. The second-order valence-electron chi connectivity index (χ2n) is 7.95. The van der Waals surface area contributed by atoms with Crippen LogP contribution in [0, 0.1) is 0 Å². The number of alkyl halides is 3. The lowest BCUT2D eigenvalue weighted by atomic mass is 10.0. The lowest BCUT2D eigenvalue weighted by Gasteiger charge is -2.26. The highest BCUT2D eigenvalue weighted by Crippen LogP contribution is 2.37. The summed E-state index contributed by atoms with van der Waals surface area (Å²) < 4.78 is 42.3. The maximum Gasteiger partial charge on any atom is 0.573 e. The number of nitrogens with one attached hydrogen (secondary N) is 2. The SMILES string of the molecule is Oc1[nH]c2ccc(OC(F)(F)F)cc2c1C1=Nc2ccccc2/C1=N\OCCN1CCNCC1. The summed E-state index contributed by atoms with van der Waals surface area (Å²) in [6, 6.07) is 11.1. The first-order chi connectivity index (χ1) is 16.4. The summed E-state index contributed by atoms with van der Waals surface area (Å²) in [6.45, 7) is 4.80. The van der Waals surface area contributed by atoms with E-state index >= 15 is 0 Å². The average Bonchev–Trinajstić information content (AvgIpc) is 3.32. The van der Waals surface area contributed by atoms with Crippen LogP contribution in [0.15, 0.2) is 52.6 Å². The fourth-order valence-electron chi connectivity index (χ4n) is 4.15. The van der Waals surface area contributed by atoms with Crippen molar-refractivity contribution in [3.8, 4) is 11.6 Å². The number of aromatic nitrogens is 1. The highest BCUT2D eigenvalue weighted by molar-refractivity contribution is 6.58. The molecule has 0 radical (unpaired) electrons. The summed E-state index contributed by atoms with van der Waals surface area (Å²) >= 11 is 0. The zero-order valence-electron chi connectivity index (χ0n) is 18.0. The van der Waals surface area contributed by atoms with Crippen molar-refractivity contribution in [1.82, 2.24) is 15.2 Å². The van der Waals surface area contributed by atoms with Gasteiger partial charge in [0.1, 0.15) is 23.8 Å². The number of piperazine rings is 1. The molecule has 1 fully saturated rings. The lowest BCUT2D eigenvalue weighted by molar-refractivity contribution is -0.274. The van der Waals surface area contributed by atoms with Crippen LogP contribution in [0.25, 0.3) is 10.9 Å². The largest absolute Gasteiger partial charge is 0.573 e. The molecule has 3 N–H and O–H groups in total. The van der Waals surface area contributed by atoms with Gasteiger partial charge in [-0.1, -0.05) is 23.4 Å². The smallest absolute Gasteiger partial charge is 0.494 e. The number of aliphatic imine (C=N–C) groups is 1. The minimum atomic E-state index is -4.84. The van der Waals surface area contributed by atoms with Gasteiger partial charge in [0.25, 0.3) is 0 Å². The fourth-order valence-corrected chi connectivity index (χ4v) is 4.15. The minimum absolute atomic E-state index is 0.225. The number of rotatable bonds is 6. The van der Waals surface area contributed by atoms with E-state index in [1.807, 2.05) is 18.2 Å². The number of benzene rings is 2. The van der Waals surface area contributed by atoms with Crippen LogP contribution in [0.2, 0.25) is 0 Å². The molecule has 1 saturated heterocycles. The van der Waals surface area contributed by atoms with Crippen LogP contribution in [0.4, 0.5) is 18.9 Å². The number of para-hydroxylation sites is 1. The molecule has 5 rings (SSSR count). The van der Waals surface area contributed by atoms with Gasteiger partial charge in [-0.2, -0.15) is 0 Å². The monoisotopic (exact) mass is 473 g/mol. The van der Waals surface area contributed by atoms with Gasteiger partial charge in [0, 0.05) is 49.2 Å². The molecule has 2 aromatic carbocycles. The molecule has 0 saturated carbocycles. The minimum Gasteiger partial charge on any atom is -0.494 e. The van der Waals surface area contributed by atoms with Crippen molar-refractivity contribution in [2.45, 2.75) is 6.36 Å². The Morgan fingerprint density at radius 1 is 1.12 bits per heavy atom. The fraction of sp³-hybridized carbons (Fsp3) is 0.304. The van der Waals surface area contributed by atoms with Gasteiger partial charge in [-0.3, -0.25) is 4.90 Å². The summed E-state index contributed by atoms with van der Waals surface area (Å²) in [4.78, 5) is 15.3. The predicted molar refractivity (Wildman–Crippen MR) is 121 cm³/mol. The third kappa shape index (κ3) is 4.57. The Hall–Kier alpha value is -3.57. The molecule has 0 bridgehead atoms. The molecule has 2 aliphatic rings. The van der Waals surface area contributed by atoms with Gasteiger partial charge in [0.05, 0.1) is 11.3 Å². The van der Waals surface area contributed by atoms with Crippen molar-refractivity contribution in [2.75, 3.05) is 39.3 Å². The Labute approximate surface area is 192 Å². The normalized spacial score (nSPS) is 17.7. The number of oxime groups is 1. The van der Waals surface area contributed by atoms with Crippen molar-refractivity contribution in [3.05, 3.63) is 53.6 Å². The van der Waals surface area contributed by atoms with E-state index in [1.54, 1.807) is 6.07 Å². The maximum atomic E-state index is 12.8. The van der Waals surface area contributed by atoms with E-state index in [2.05, 4.69) is 30.1 Å². The molecule has 34 heavy (non-hydrogen) atoms. The summed E-state index contributed by atoms with van der Waals surface area (Å²) in [5, 5.41) is 18.6. The van der Waals surface area contributed by atoms with Crippen molar-refractivity contribution in [1.29, 1.82) is 0 Å². The highest BCUT2D eigenvalue weighted by atomic mass is 19.4. The molecule has 0 spiro atoms. The van der Waals surface area contributed by atoms with Crippen molar-refractivity contribution >= 4 is 28.0 Å². The van der Waals surface area contributed by atoms with E-state index < -0.39 is 12.1 Å². The van der Waals surface area contributed by atoms with Crippen LogP contribution in [-0.4, -0.2) is 72.1 Å². The Morgan fingerprint density at radius 3 is 2.71 bits per heavy atom. The van der Waals surface area contributed by atoms with E-state index in [9.17, 15) is 18.3 Å². The molecule has 11 heteroatoms. The van der Waals surface area contributed by atoms with Crippen molar-refractivity contribution in [3.63, 3.8) is 0 Å². The number of ether oxygens (including phenoxy) is 1. The number of aromatic hydroxyl groups is 1. The van der Waals surface area contributed by atoms with Crippen molar-refractivity contribution < 1.29 is 27.9 Å². The molecule has 2 aliphatic heterocycles. The predicted octanol–water partition coefficient (Wildman–Crippen LogP) is 3.53. The number of nitrogens with zero attached hydrogens (tertiary/aromatic N) is 3. The number of hydrogen-bond acceptors (Lipinski definition) is 7. The first-order valence-electron chi connectivity index (χ1n) is 10.8. The molecular weight excluding hydrogens is 451 g/mol. The number of hydrogen-bond donors (Lipinski definition) is 3. The molecule has 1 aromatic heterocycles. The molecule has 0 atom stereocenters. The number of aromatic amines is 1. The van der Waals surface area contributed by atoms with E-state index in [-0.39, 0.29) is 11.4 Å². The highest BCUT2D eigenvalue weighted by Gasteiger charge is 2.33. The second-order valence-corrected chi connectivity index (χ2v) is 7.95. The average molecular weight is 473 g/mol. The van der Waals surface area contributed by atoms with E-state index in [1.165, 1.54) is 18.2 Å². The number of halogens is 3. The summed E-state index contributed by atoms with van der Waals surface area (Å²) in [7, 11) is 0. The molecule has 3 aromatic rings. The van der Waals surface area contributed by atoms with Crippen LogP contribution in [-0.2, 0) is 4.84 Å². The lowest BCUT2D eigenvalue weighted by Crippen LogP contribution is -2.44. The molecule has 178 valence electrons. The Balaban J connectivity index is 1.47. The Morgan fingerprint density at radius 2 is 1.91 bits per heavy atom. The second kappa shape index (κ2) is 8.99. The molecular formula is C23H22F3N5O3. The van der Waals surface area contributed by atoms with Gasteiger partial charge < -0.3 is 25.0 Å². The van der Waals surface area contributed by atoms with Crippen LogP contribution < -0.4 is 10.1 Å². The van der Waals surface area contributed by atoms with Crippen LogP contribution in [0.5, 0.6) is 11.6 Å². The number of H-pyrrole nitrogens is 1. The quantitative estimate of drug-likeness (QED) is 0.376. The van der Waals surface area contributed by atoms with Crippen LogP contribution >= 0.6 is 0 Å². The first kappa shape index (κ1) is 22.2. The van der Waals surface area contributed by atoms with Crippen molar-refractivity contribution in [2.24, 2.45) is 10.1 Å². The zero-order chi connectivity index (χ0) is 23.7. The van der Waals surface area contributed by atoms with E-state index in [4.69, 9.17) is 4.84 Å². The van der Waals surface area contributed by atoms with Gasteiger partial charge in [-0.05, 0) is 24.3 Å². The Kier molecular flexibility index (Phi) is 5.88. The third-order valence-corrected chi connectivity index (χ3v) is 5.70. The number of fused-ring (bicyclic) bond motifs is 2. The van der Waals surface area contributed by atoms with Crippen LogP contribution in [0.3, 0.4) is 0 Å². The van der Waals surface area contributed by atoms with Gasteiger partial charge in [0.15, 0.2) is 5.88 Å². The molecule has 0 amide bonds. The van der Waals surface area contributed by atoms with E-state index in [0.29, 0.717) is 46.7 Å². The van der Waals surface area contributed by atoms with Gasteiger partial charge in [0.2, 0.25) is 0 Å². The van der Waals surface area contributed by atoms with Gasteiger partial charge in [-0.15, -0.1) is 13.2 Å². The summed E-state index contributed by atoms with van der Waals surface area (Å²) in [5.74, 6) is -0.638. The summed E-state index contributed by atoms with van der Waals surface area (Å²) in [6.07, 6.45) is -4.84. The standard InChI is InChI=1S/C23H22F3N5O3/c24-23(25,26)34-14-5-6-18-16(13-14)19(22(32)29-18)21-20(15-3-1-2-4-17(15)28-21)30-33-12-11-31-9-7-27-8-10-31/h1-6,13,27,29,32H,7-12H2/b30-20+. The molecule has 0 unspecified atom stereocenters. The van der Waals surface area contributed by atoms with Gasteiger partial charge in [-0.25, -0.2) is 4.99 Å². The molecule has 0 aliphatic carbocycles. The molecule has 3 heterocycles. The Bertz CT molecular complexity index is 1260. The summed E-state index contributed by atoms with van der Waals surface area (Å²) in [5.41, 5.74) is 2.68. The first-order valence-corrected chi connectivity index (χ1v) is 10.8. The zero-order valence-corrected chi connectivity index (χ0v) is 18.0. The van der Waals surface area contributed by atoms with Gasteiger partial charge >= 0.3 is 6.36 Å². The molecule has 8 nitrogen and oxygen atoms in total. The maximum absolute atomic E-state index is 12.8. The van der Waals surface area contributed by atoms with Crippen LogP contribution in [0.1, 0.15) is 11.1 Å². The van der Waals surface area contributed by atoms with E-state index in [0.717, 1.165) is 26.2 Å². The topological polar surface area (TPSA) is 94.5 Å².